The van der Waals surface area contributed by atoms with Crippen molar-refractivity contribution in [2.24, 2.45) is 5.16 Å². The van der Waals surface area contributed by atoms with Gasteiger partial charge in [-0.1, -0.05) is 16.9 Å². The number of carbonyl (C=O) groups is 4. The third-order valence-electron chi connectivity index (χ3n) is 5.23. The fourth-order valence-corrected chi connectivity index (χ4v) is 7.31. The SMILES string of the molecule is CO/N=C(/C(=O)N[C@@H]1C(=O)N2C(C(=O)[O-])=C(CSc3nc(C)c(CC(=O)[O-])s3)CS[C@H]12)c1ccco1.[Na+].[Na+]. The fourth-order valence-electron chi connectivity index (χ4n) is 3.60. The third kappa shape index (κ3) is 7.06. The molecule has 38 heavy (non-hydrogen) atoms. The monoisotopic (exact) mass is 596 g/mol. The summed E-state index contributed by atoms with van der Waals surface area (Å²) in [5, 5.41) is 28.4. The quantitative estimate of drug-likeness (QED) is 0.0906. The van der Waals surface area contributed by atoms with Crippen molar-refractivity contribution in [3.8, 4) is 0 Å². The first-order chi connectivity index (χ1) is 17.2. The number of aromatic nitrogens is 1. The van der Waals surface area contributed by atoms with Crippen molar-refractivity contribution in [2.45, 2.75) is 29.1 Å². The smallest absolute Gasteiger partial charge is 0.550 e. The normalized spacial score (nSPS) is 18.5. The number of nitrogens with zero attached hydrogens (tertiary/aromatic N) is 3. The van der Waals surface area contributed by atoms with Crippen LogP contribution >= 0.6 is 34.9 Å². The van der Waals surface area contributed by atoms with Crippen LogP contribution in [0.4, 0.5) is 0 Å². The number of furan rings is 1. The molecule has 4 heterocycles. The number of thioether (sulfide) groups is 2. The van der Waals surface area contributed by atoms with Crippen LogP contribution in [0.25, 0.3) is 0 Å². The van der Waals surface area contributed by atoms with Crippen molar-refractivity contribution in [1.29, 1.82) is 0 Å². The Balaban J connectivity index is 0.00000253. The number of aryl methyl sites for hydroxylation is 1. The Morgan fingerprint density at radius 1 is 1.34 bits per heavy atom. The molecule has 2 atom stereocenters. The van der Waals surface area contributed by atoms with E-state index >= 15 is 0 Å². The molecule has 4 rings (SSSR count). The molecular formula is C21H18N4Na2O8S3. The molecular weight excluding hydrogens is 578 g/mol. The topological polar surface area (TPSA) is 177 Å². The first-order valence-corrected chi connectivity index (χ1v) is 13.2. The van der Waals surface area contributed by atoms with Crippen LogP contribution in [0.5, 0.6) is 0 Å². The average molecular weight is 597 g/mol. The molecule has 190 valence electrons. The summed E-state index contributed by atoms with van der Waals surface area (Å²) >= 11 is 3.74. The summed E-state index contributed by atoms with van der Waals surface area (Å²) in [5.41, 5.74) is 0.633. The number of rotatable bonds is 10. The molecule has 0 saturated carbocycles. The van der Waals surface area contributed by atoms with Crippen molar-refractivity contribution < 1.29 is 97.8 Å². The van der Waals surface area contributed by atoms with Gasteiger partial charge in [-0.3, -0.25) is 14.5 Å². The second kappa shape index (κ2) is 14.4. The molecule has 2 aromatic rings. The molecule has 17 heteroatoms. The molecule has 0 aliphatic carbocycles. The second-order valence-electron chi connectivity index (χ2n) is 7.53. The molecule has 12 nitrogen and oxygen atoms in total. The number of hydrogen-bond donors (Lipinski definition) is 1. The Morgan fingerprint density at radius 3 is 2.68 bits per heavy atom. The molecule has 0 bridgehead atoms. The number of carboxylic acid groups (broad SMARTS) is 2. The summed E-state index contributed by atoms with van der Waals surface area (Å²) in [7, 11) is 1.26. The maximum Gasteiger partial charge on any atom is 1.00 e. The van der Waals surface area contributed by atoms with Gasteiger partial charge >= 0.3 is 59.1 Å². The van der Waals surface area contributed by atoms with E-state index in [1.54, 1.807) is 13.0 Å². The number of carbonyl (C=O) groups excluding carboxylic acids is 4. The average Bonchev–Trinajstić information content (AvgIpc) is 3.48. The van der Waals surface area contributed by atoms with Crippen molar-refractivity contribution in [1.82, 2.24) is 15.2 Å². The molecule has 0 aromatic carbocycles. The van der Waals surface area contributed by atoms with E-state index in [1.807, 2.05) is 0 Å². The predicted octanol–water partition coefficient (Wildman–Crippen LogP) is -7.11. The minimum absolute atomic E-state index is 0. The number of amides is 2. The summed E-state index contributed by atoms with van der Waals surface area (Å²) < 4.78 is 5.76. The van der Waals surface area contributed by atoms with Gasteiger partial charge in [0.1, 0.15) is 18.5 Å². The predicted molar refractivity (Wildman–Crippen MR) is 126 cm³/mol. The Morgan fingerprint density at radius 2 is 2.08 bits per heavy atom. The van der Waals surface area contributed by atoms with E-state index in [1.165, 1.54) is 54.3 Å². The summed E-state index contributed by atoms with van der Waals surface area (Å²) in [6.07, 6.45) is 1.11. The van der Waals surface area contributed by atoms with Crippen molar-refractivity contribution in [2.75, 3.05) is 18.6 Å². The molecule has 2 aliphatic rings. The first-order valence-electron chi connectivity index (χ1n) is 10.3. The molecule has 0 spiro atoms. The van der Waals surface area contributed by atoms with Gasteiger partial charge in [0, 0.05) is 28.8 Å². The molecule has 2 aliphatic heterocycles. The number of aliphatic carboxylic acids is 2. The van der Waals surface area contributed by atoms with E-state index in [4.69, 9.17) is 9.25 Å². The van der Waals surface area contributed by atoms with Crippen LogP contribution in [0.1, 0.15) is 16.3 Å². The summed E-state index contributed by atoms with van der Waals surface area (Å²) in [5.74, 6) is -3.38. The zero-order valence-corrected chi connectivity index (χ0v) is 27.3. The number of oxime groups is 1. The molecule has 2 amide bonds. The van der Waals surface area contributed by atoms with Gasteiger partial charge in [0.15, 0.2) is 10.1 Å². The number of hydrogen-bond acceptors (Lipinski definition) is 13. The number of thiazole rings is 1. The van der Waals surface area contributed by atoms with E-state index in [0.29, 0.717) is 20.5 Å². The van der Waals surface area contributed by atoms with Crippen LogP contribution in [0.3, 0.4) is 0 Å². The summed E-state index contributed by atoms with van der Waals surface area (Å²) in [6.45, 7) is 1.69. The van der Waals surface area contributed by atoms with Crippen LogP contribution in [0.2, 0.25) is 0 Å². The van der Waals surface area contributed by atoms with E-state index in [2.05, 4.69) is 15.5 Å². The molecule has 2 aromatic heterocycles. The molecule has 0 unspecified atom stereocenters. The van der Waals surface area contributed by atoms with Gasteiger partial charge in [-0.15, -0.1) is 23.1 Å². The molecule has 1 saturated heterocycles. The molecule has 0 radical (unpaired) electrons. The Bertz CT molecular complexity index is 1280. The van der Waals surface area contributed by atoms with E-state index in [0.717, 1.165) is 4.90 Å². The van der Waals surface area contributed by atoms with Crippen LogP contribution < -0.4 is 74.6 Å². The number of fused-ring (bicyclic) bond motifs is 1. The van der Waals surface area contributed by atoms with E-state index in [9.17, 15) is 29.4 Å². The van der Waals surface area contributed by atoms with Crippen LogP contribution in [0, 0.1) is 6.92 Å². The third-order valence-corrected chi connectivity index (χ3v) is 8.95. The van der Waals surface area contributed by atoms with E-state index in [-0.39, 0.29) is 94.2 Å². The standard InChI is InChI=1S/C21H20N4O8S3.2Na/c1-9-12(6-13(26)27)36-21(22-9)35-8-10-7-34-19-15(18(29)25(19)16(10)20(30)31)23-17(28)14(24-32-2)11-4-3-5-33-11;;/h3-5,15,19H,6-8H2,1-2H3,(H,23,28)(H,26,27)(H,30,31);;/q;2*+1/p-2/b24-14+;;/t15-,19-;;/m1../s1. The van der Waals surface area contributed by atoms with Gasteiger partial charge in [0.2, 0.25) is 5.71 Å². The Labute approximate surface area is 273 Å². The van der Waals surface area contributed by atoms with Crippen LogP contribution in [-0.2, 0) is 30.4 Å². The van der Waals surface area contributed by atoms with E-state index < -0.39 is 35.2 Å². The first kappa shape index (κ1) is 32.9. The van der Waals surface area contributed by atoms with Gasteiger partial charge in [-0.2, -0.15) is 0 Å². The van der Waals surface area contributed by atoms with Gasteiger partial charge in [-0.05, 0) is 24.6 Å². The van der Waals surface area contributed by atoms with Crippen LogP contribution in [-0.4, -0.2) is 69.4 Å². The molecule has 1 N–H and O–H groups in total. The van der Waals surface area contributed by atoms with Crippen LogP contribution in [0.15, 0.2) is 43.6 Å². The van der Waals surface area contributed by atoms with Crippen molar-refractivity contribution >= 4 is 64.3 Å². The van der Waals surface area contributed by atoms with Gasteiger partial charge < -0.3 is 34.4 Å². The van der Waals surface area contributed by atoms with Crippen molar-refractivity contribution in [3.63, 3.8) is 0 Å². The zero-order valence-electron chi connectivity index (χ0n) is 20.8. The molecule has 1 fully saturated rings. The van der Waals surface area contributed by atoms with Gasteiger partial charge in [0.25, 0.3) is 11.8 Å². The minimum Gasteiger partial charge on any atom is -0.550 e. The van der Waals surface area contributed by atoms with Gasteiger partial charge in [0.05, 0.1) is 23.6 Å². The van der Waals surface area contributed by atoms with Crippen molar-refractivity contribution in [3.05, 3.63) is 46.0 Å². The summed E-state index contributed by atoms with van der Waals surface area (Å²) in [6, 6.07) is 2.10. The Kier molecular flexibility index (Phi) is 12.4. The number of carboxylic acids is 2. The summed E-state index contributed by atoms with van der Waals surface area (Å²) in [4.78, 5) is 59.2. The Hall–Kier alpha value is -1.30. The number of β-lactam (4-membered cyclic amide) rings is 1. The minimum atomic E-state index is -1.50. The zero-order chi connectivity index (χ0) is 26.0. The van der Waals surface area contributed by atoms with Gasteiger partial charge in [-0.25, -0.2) is 4.98 Å². The fraction of sp³-hybridized carbons (Fsp3) is 0.333. The maximum absolute atomic E-state index is 12.9. The largest absolute Gasteiger partial charge is 1.00 e. The maximum atomic E-state index is 12.9. The number of nitrogens with one attached hydrogen (secondary N) is 1. The second-order valence-corrected chi connectivity index (χ2v) is 10.9.